The number of aliphatic hydroxyl groups excluding tert-OH is 1. The summed E-state index contributed by atoms with van der Waals surface area (Å²) in [5.74, 6) is 1.89. The van der Waals surface area contributed by atoms with Crippen LogP contribution in [0.4, 0.5) is 0 Å². The Hall–Kier alpha value is -4.33. The Bertz CT molecular complexity index is 2230. The van der Waals surface area contributed by atoms with Crippen molar-refractivity contribution in [3.05, 3.63) is 106 Å². The van der Waals surface area contributed by atoms with Crippen molar-refractivity contribution in [2.75, 3.05) is 40.0 Å². The third-order valence-electron chi connectivity index (χ3n) is 16.7. The van der Waals surface area contributed by atoms with Crippen LogP contribution in [-0.4, -0.2) is 86.1 Å². The number of hydrogen-bond donors (Lipinski definition) is 7. The topological polar surface area (TPSA) is 179 Å². The van der Waals surface area contributed by atoms with E-state index in [1.807, 2.05) is 38.4 Å². The van der Waals surface area contributed by atoms with Crippen molar-refractivity contribution in [3.63, 3.8) is 0 Å². The van der Waals surface area contributed by atoms with E-state index in [0.29, 0.717) is 67.6 Å². The number of carbonyl (C=O) groups is 3. The Labute approximate surface area is 385 Å². The highest BCUT2D eigenvalue weighted by Crippen LogP contribution is 2.61. The molecule has 12 nitrogen and oxygen atoms in total. The van der Waals surface area contributed by atoms with E-state index < -0.39 is 28.7 Å². The lowest BCUT2D eigenvalue weighted by Crippen LogP contribution is -2.56. The lowest BCUT2D eigenvalue weighted by atomic mass is 9.51. The smallest absolute Gasteiger partial charge is 0.350 e. The monoisotopic (exact) mass is 889 g/mol. The number of hydrogen-bond acceptors (Lipinski definition) is 12. The molecule has 0 amide bonds. The summed E-state index contributed by atoms with van der Waals surface area (Å²) in [6.45, 7) is 8.36. The van der Waals surface area contributed by atoms with Crippen LogP contribution in [-0.2, 0) is 20.7 Å². The number of ether oxygens (including phenoxy) is 2. The van der Waals surface area contributed by atoms with Gasteiger partial charge in [0.05, 0.1) is 26.0 Å². The summed E-state index contributed by atoms with van der Waals surface area (Å²) >= 11 is 0. The quantitative estimate of drug-likeness (QED) is 0.0404. The van der Waals surface area contributed by atoms with Crippen molar-refractivity contribution in [1.82, 2.24) is 26.6 Å². The van der Waals surface area contributed by atoms with Gasteiger partial charge in [-0.3, -0.25) is 9.59 Å². The summed E-state index contributed by atoms with van der Waals surface area (Å²) in [5, 5.41) is 27.8. The number of rotatable bonds is 13. The predicted octanol–water partition coefficient (Wildman–Crippen LogP) is 6.02. The average molecular weight is 889 g/mol. The van der Waals surface area contributed by atoms with Crippen LogP contribution in [0.5, 0.6) is 0 Å². The third kappa shape index (κ3) is 8.51. The molecule has 9 aliphatic rings. The number of fused-ring (bicyclic) bond motifs is 7. The highest BCUT2D eigenvalue weighted by atomic mass is 16.7. The van der Waals surface area contributed by atoms with Crippen molar-refractivity contribution in [3.8, 4) is 0 Å². The van der Waals surface area contributed by atoms with Gasteiger partial charge in [0, 0.05) is 42.3 Å². The van der Waals surface area contributed by atoms with Gasteiger partial charge in [-0.25, -0.2) is 4.79 Å². The fraction of sp³-hybridized carbons (Fsp3) is 0.604. The normalized spacial score (nSPS) is 36.5. The molecule has 11 atom stereocenters. The standard InChI is InChI=1S/C53H72N6O6/c1-5-56-43-24-36-9-6-12-39-35-11-8-21-51(3,25-34-16-19-44(54)58-28-34)26-37-10-7-13-41-47(37)49(62)53(50(63)64-30-42(43)40(18-17-35)46(36)39)52(65-53,48(41)61)27-38(29-60)32(2)14-15-33-20-22-57-45(23-33)59-31-55-4/h6-7,9-10,13,16,19-20,23,28,35-36,39-40,42-44,46,55-60H,5,8,11-12,14-15,17-18,21-22,24-27,29-31,54H2,1-4H3/b38-32-/t35-,36-,39+,40+,42-,43-,44?,46+,51-,52-,53-/m0/s1. The number of esters is 1. The fourth-order valence-electron chi connectivity index (χ4n) is 13.5. The maximum atomic E-state index is 15.6. The molecule has 3 fully saturated rings. The van der Waals surface area contributed by atoms with Gasteiger partial charge >= 0.3 is 5.97 Å². The van der Waals surface area contributed by atoms with Gasteiger partial charge in [0.1, 0.15) is 5.82 Å². The van der Waals surface area contributed by atoms with Gasteiger partial charge in [-0.1, -0.05) is 74.8 Å². The zero-order chi connectivity index (χ0) is 45.5. The maximum absolute atomic E-state index is 15.6. The first kappa shape index (κ1) is 45.8. The van der Waals surface area contributed by atoms with Crippen LogP contribution in [0.3, 0.4) is 0 Å². The number of allylic oxidation sites excluding steroid dienone is 7. The first-order valence-electron chi connectivity index (χ1n) is 24.6. The zero-order valence-corrected chi connectivity index (χ0v) is 39.0. The molecular weight excluding hydrogens is 817 g/mol. The van der Waals surface area contributed by atoms with Crippen LogP contribution >= 0.6 is 0 Å². The summed E-state index contributed by atoms with van der Waals surface area (Å²) in [6.07, 6.45) is 25.0. The molecule has 1 spiro atoms. The first-order valence-corrected chi connectivity index (χ1v) is 24.6. The van der Waals surface area contributed by atoms with Gasteiger partial charge in [-0.2, -0.15) is 0 Å². The first-order chi connectivity index (χ1) is 31.4. The number of nitrogens with one attached hydrogen (secondary N) is 5. The molecule has 65 heavy (non-hydrogen) atoms. The van der Waals surface area contributed by atoms with E-state index in [9.17, 15) is 5.11 Å². The summed E-state index contributed by atoms with van der Waals surface area (Å²) in [4.78, 5) is 46.1. The van der Waals surface area contributed by atoms with Crippen molar-refractivity contribution in [2.24, 2.45) is 46.7 Å². The molecular formula is C53H72N6O6. The van der Waals surface area contributed by atoms with E-state index in [1.165, 1.54) is 0 Å². The Kier molecular flexibility index (Phi) is 13.2. The molecule has 8 N–H and O–H groups in total. The van der Waals surface area contributed by atoms with Crippen molar-refractivity contribution in [2.45, 2.75) is 121 Å². The molecule has 6 bridgehead atoms. The van der Waals surface area contributed by atoms with Gasteiger partial charge in [0.15, 0.2) is 11.4 Å². The highest BCUT2D eigenvalue weighted by molar-refractivity contribution is 6.33. The van der Waals surface area contributed by atoms with Crippen LogP contribution in [0, 0.1) is 40.9 Å². The minimum Gasteiger partial charge on any atom is -0.463 e. The Morgan fingerprint density at radius 2 is 1.92 bits per heavy atom. The Morgan fingerprint density at radius 1 is 1.06 bits per heavy atom. The van der Waals surface area contributed by atoms with Crippen LogP contribution in [0.15, 0.2) is 89.0 Å². The number of dihydropyridines is 2. The molecule has 5 heterocycles. The number of aliphatic hydroxyl groups is 1. The second-order valence-electron chi connectivity index (χ2n) is 20.8. The maximum Gasteiger partial charge on any atom is 0.350 e. The van der Waals surface area contributed by atoms with Crippen LogP contribution in [0.2, 0.25) is 0 Å². The predicted molar refractivity (Wildman–Crippen MR) is 252 cm³/mol. The number of nitrogens with two attached hydrogens (primary N) is 1. The number of carbonyl (C=O) groups excluding carboxylic acids is 3. The zero-order valence-electron chi connectivity index (χ0n) is 39.0. The van der Waals surface area contributed by atoms with Crippen molar-refractivity contribution < 1.29 is 29.0 Å². The molecule has 1 unspecified atom stereocenters. The van der Waals surface area contributed by atoms with Crippen molar-refractivity contribution in [1.29, 1.82) is 0 Å². The van der Waals surface area contributed by atoms with E-state index in [2.05, 4.69) is 70.8 Å². The van der Waals surface area contributed by atoms with E-state index in [0.717, 1.165) is 86.0 Å². The van der Waals surface area contributed by atoms with Gasteiger partial charge in [0.2, 0.25) is 5.78 Å². The second-order valence-corrected chi connectivity index (χ2v) is 20.8. The number of epoxide rings is 1. The summed E-state index contributed by atoms with van der Waals surface area (Å²) in [6, 6.07) is 5.69. The lowest BCUT2D eigenvalue weighted by molar-refractivity contribution is -0.153. The number of Topliss-reactive ketones (excluding diaryl/α,β-unsaturated/α-hetero) is 2. The molecule has 1 aromatic carbocycles. The average Bonchev–Trinajstić information content (AvgIpc) is 4.01. The molecule has 1 aromatic rings. The number of ketones is 2. The molecule has 1 saturated heterocycles. The van der Waals surface area contributed by atoms with Gasteiger partial charge in [-0.05, 0) is 148 Å². The Morgan fingerprint density at radius 3 is 2.71 bits per heavy atom. The molecule has 10 rings (SSSR count). The Balaban J connectivity index is 1.09. The lowest BCUT2D eigenvalue weighted by Gasteiger charge is -2.55. The largest absolute Gasteiger partial charge is 0.463 e. The molecule has 4 aliphatic carbocycles. The molecule has 12 heteroatoms. The molecule has 350 valence electrons. The second kappa shape index (κ2) is 18.7. The third-order valence-corrected chi connectivity index (χ3v) is 16.7. The highest BCUT2D eigenvalue weighted by Gasteiger charge is 2.86. The van der Waals surface area contributed by atoms with Crippen LogP contribution in [0.25, 0.3) is 0 Å². The van der Waals surface area contributed by atoms with E-state index in [-0.39, 0.29) is 54.3 Å². The molecule has 5 aliphatic heterocycles. The molecule has 0 aromatic heterocycles. The minimum absolute atomic E-state index is 0.0665. The van der Waals surface area contributed by atoms with E-state index >= 15 is 14.4 Å². The van der Waals surface area contributed by atoms with E-state index in [1.54, 1.807) is 6.07 Å². The summed E-state index contributed by atoms with van der Waals surface area (Å²) < 4.78 is 13.1. The van der Waals surface area contributed by atoms with Gasteiger partial charge < -0.3 is 46.9 Å². The van der Waals surface area contributed by atoms with E-state index in [4.69, 9.17) is 15.2 Å². The molecule has 2 saturated carbocycles. The minimum atomic E-state index is -2.15. The molecule has 0 radical (unpaired) electrons. The van der Waals surface area contributed by atoms with Gasteiger partial charge in [-0.15, -0.1) is 0 Å². The number of benzene rings is 1. The van der Waals surface area contributed by atoms with Crippen LogP contribution < -0.4 is 32.3 Å². The summed E-state index contributed by atoms with van der Waals surface area (Å²) in [5.41, 5.74) is 6.98. The van der Waals surface area contributed by atoms with Crippen LogP contribution in [0.1, 0.15) is 118 Å². The fourth-order valence-corrected chi connectivity index (χ4v) is 13.5. The van der Waals surface area contributed by atoms with Gasteiger partial charge in [0.25, 0.3) is 5.60 Å². The summed E-state index contributed by atoms with van der Waals surface area (Å²) in [7, 11) is 1.89. The van der Waals surface area contributed by atoms with Crippen molar-refractivity contribution >= 4 is 17.5 Å². The SMILES string of the molecule is CCN[C@H]1C[C@@H]2C=CC[C@@H]3[C@H]4CCC[C@@](C)(CC5=CNC(N)C=C5)Cc5cccc6c5C(=O)[C@]5(O[C@@]5(C/C(CO)=C(\C)CCC5=CCNC(NCNC)=C5)C6=O)C(=O)OC[C@H]1[C@@H](CC4)[C@@H]32.